The Kier molecular flexibility index (Phi) is 1.95. The third kappa shape index (κ3) is 1.50. The van der Waals surface area contributed by atoms with Crippen molar-refractivity contribution in [2.45, 2.75) is 31.3 Å². The van der Waals surface area contributed by atoms with Crippen molar-refractivity contribution in [2.24, 2.45) is 0 Å². The Morgan fingerprint density at radius 1 is 1.36 bits per heavy atom. The smallest absolute Gasteiger partial charge is 0.205 e. The number of aromatic nitrogens is 2. The number of β-amino-alcohol motifs (C(OH)–C–C–N with tert-alkyl or cyclic N) is 1. The van der Waals surface area contributed by atoms with E-state index in [-0.39, 0.29) is 6.10 Å². The van der Waals surface area contributed by atoms with Gasteiger partial charge >= 0.3 is 0 Å². The minimum absolute atomic E-state index is 0.178. The lowest BCUT2D eigenvalue weighted by molar-refractivity contribution is 0.198. The summed E-state index contributed by atoms with van der Waals surface area (Å²) in [5.41, 5.74) is 0. The van der Waals surface area contributed by atoms with Gasteiger partial charge in [-0.2, -0.15) is 4.37 Å². The zero-order valence-corrected chi connectivity index (χ0v) is 8.70. The van der Waals surface area contributed by atoms with Crippen molar-refractivity contribution in [3.63, 3.8) is 0 Å². The molecule has 4 nitrogen and oxygen atoms in total. The van der Waals surface area contributed by atoms with Crippen molar-refractivity contribution in [1.29, 1.82) is 0 Å². The summed E-state index contributed by atoms with van der Waals surface area (Å²) in [5, 5.41) is 10.4. The van der Waals surface area contributed by atoms with Gasteiger partial charge in [0.2, 0.25) is 5.13 Å². The first-order chi connectivity index (χ1) is 6.83. The lowest BCUT2D eigenvalue weighted by atomic mass is 10.3. The summed E-state index contributed by atoms with van der Waals surface area (Å²) in [5.74, 6) is 1.65. The molecule has 2 fully saturated rings. The first-order valence-corrected chi connectivity index (χ1v) is 5.87. The van der Waals surface area contributed by atoms with Gasteiger partial charge in [0, 0.05) is 30.5 Å². The van der Waals surface area contributed by atoms with Crippen LogP contribution in [0.4, 0.5) is 5.13 Å². The molecule has 0 aromatic carbocycles. The highest BCUT2D eigenvalue weighted by Gasteiger charge is 2.30. The van der Waals surface area contributed by atoms with Gasteiger partial charge in [-0.15, -0.1) is 0 Å². The summed E-state index contributed by atoms with van der Waals surface area (Å²) in [4.78, 5) is 6.64. The van der Waals surface area contributed by atoms with E-state index in [1.807, 2.05) is 0 Å². The molecule has 1 aliphatic carbocycles. The molecule has 1 saturated carbocycles. The van der Waals surface area contributed by atoms with Crippen LogP contribution in [-0.2, 0) is 0 Å². The van der Waals surface area contributed by atoms with Crippen LogP contribution in [0.15, 0.2) is 0 Å². The van der Waals surface area contributed by atoms with Gasteiger partial charge in [-0.05, 0) is 19.3 Å². The maximum absolute atomic E-state index is 9.40. The predicted octanol–water partition coefficient (Wildman–Crippen LogP) is 0.987. The number of anilines is 1. The monoisotopic (exact) mass is 211 g/mol. The van der Waals surface area contributed by atoms with Crippen LogP contribution in [0.25, 0.3) is 0 Å². The van der Waals surface area contributed by atoms with E-state index in [2.05, 4.69) is 14.3 Å². The van der Waals surface area contributed by atoms with Gasteiger partial charge in [0.1, 0.15) is 5.82 Å². The van der Waals surface area contributed by atoms with E-state index in [1.165, 1.54) is 24.4 Å². The third-order valence-corrected chi connectivity index (χ3v) is 3.60. The second-order valence-corrected chi connectivity index (χ2v) is 4.83. The normalized spacial score (nSPS) is 27.2. The van der Waals surface area contributed by atoms with Gasteiger partial charge < -0.3 is 10.0 Å². The summed E-state index contributed by atoms with van der Waals surface area (Å²) >= 11 is 1.47. The molecule has 0 radical (unpaired) electrons. The Labute approximate surface area is 86.7 Å². The lowest BCUT2D eigenvalue weighted by Crippen LogP contribution is -2.20. The van der Waals surface area contributed by atoms with Gasteiger partial charge in [-0.25, -0.2) is 4.98 Å². The first-order valence-electron chi connectivity index (χ1n) is 5.09. The highest BCUT2D eigenvalue weighted by Crippen LogP contribution is 2.39. The Bertz CT molecular complexity index is 337. The van der Waals surface area contributed by atoms with Crippen molar-refractivity contribution in [1.82, 2.24) is 9.36 Å². The molecule has 76 valence electrons. The van der Waals surface area contributed by atoms with Crippen LogP contribution in [0.1, 0.15) is 31.0 Å². The number of aliphatic hydroxyl groups is 1. The average molecular weight is 211 g/mol. The van der Waals surface area contributed by atoms with Crippen molar-refractivity contribution in [3.8, 4) is 0 Å². The van der Waals surface area contributed by atoms with Crippen LogP contribution in [0, 0.1) is 0 Å². The number of rotatable bonds is 2. The van der Waals surface area contributed by atoms with Gasteiger partial charge in [-0.1, -0.05) is 0 Å². The molecule has 1 aliphatic heterocycles. The molecule has 1 aromatic rings. The van der Waals surface area contributed by atoms with Crippen LogP contribution < -0.4 is 4.90 Å². The Morgan fingerprint density at radius 2 is 2.21 bits per heavy atom. The summed E-state index contributed by atoms with van der Waals surface area (Å²) in [6.45, 7) is 1.64. The highest BCUT2D eigenvalue weighted by atomic mass is 32.1. The van der Waals surface area contributed by atoms with E-state index in [1.54, 1.807) is 0 Å². The van der Waals surface area contributed by atoms with Gasteiger partial charge in [0.15, 0.2) is 0 Å². The maximum Gasteiger partial charge on any atom is 0.205 e. The SMILES string of the molecule is O[C@H]1CCN(c2nc(C3CC3)ns2)C1. The van der Waals surface area contributed by atoms with E-state index in [0.717, 1.165) is 30.5 Å². The number of nitrogens with zero attached hydrogens (tertiary/aromatic N) is 3. The molecule has 1 saturated heterocycles. The van der Waals surface area contributed by atoms with Crippen molar-refractivity contribution < 1.29 is 5.11 Å². The van der Waals surface area contributed by atoms with E-state index < -0.39 is 0 Å². The molecule has 2 heterocycles. The summed E-state index contributed by atoms with van der Waals surface area (Å²) in [6.07, 6.45) is 3.18. The Morgan fingerprint density at radius 3 is 2.86 bits per heavy atom. The molecular formula is C9H13N3OS. The van der Waals surface area contributed by atoms with Crippen molar-refractivity contribution in [2.75, 3.05) is 18.0 Å². The maximum atomic E-state index is 9.40. The second-order valence-electron chi connectivity index (χ2n) is 4.10. The number of aliphatic hydroxyl groups excluding tert-OH is 1. The fraction of sp³-hybridized carbons (Fsp3) is 0.778. The van der Waals surface area contributed by atoms with Gasteiger partial charge in [0.25, 0.3) is 0 Å². The lowest BCUT2D eigenvalue weighted by Gasteiger charge is -2.11. The molecular weight excluding hydrogens is 198 g/mol. The minimum Gasteiger partial charge on any atom is -0.391 e. The van der Waals surface area contributed by atoms with Crippen molar-refractivity contribution >= 4 is 16.7 Å². The molecule has 0 spiro atoms. The fourth-order valence-electron chi connectivity index (χ4n) is 1.78. The standard InChI is InChI=1S/C9H13N3OS/c13-7-3-4-12(5-7)9-10-8(11-14-9)6-1-2-6/h6-7,13H,1-5H2/t7-/m0/s1. The van der Waals surface area contributed by atoms with Gasteiger partial charge in [0.05, 0.1) is 6.10 Å². The van der Waals surface area contributed by atoms with Crippen LogP contribution in [0.3, 0.4) is 0 Å². The molecule has 0 unspecified atom stereocenters. The third-order valence-electron chi connectivity index (χ3n) is 2.81. The summed E-state index contributed by atoms with van der Waals surface area (Å²) in [7, 11) is 0. The van der Waals surface area contributed by atoms with E-state index in [4.69, 9.17) is 0 Å². The molecule has 14 heavy (non-hydrogen) atoms. The largest absolute Gasteiger partial charge is 0.391 e. The molecule has 0 amide bonds. The van der Waals surface area contributed by atoms with Gasteiger partial charge in [-0.3, -0.25) is 0 Å². The van der Waals surface area contributed by atoms with Crippen LogP contribution in [-0.4, -0.2) is 33.7 Å². The van der Waals surface area contributed by atoms with Crippen LogP contribution >= 0.6 is 11.5 Å². The fourth-order valence-corrected chi connectivity index (χ4v) is 2.56. The average Bonchev–Trinajstić information content (AvgIpc) is 2.76. The first kappa shape index (κ1) is 8.61. The number of hydrogen-bond acceptors (Lipinski definition) is 5. The molecule has 1 aromatic heterocycles. The van der Waals surface area contributed by atoms with Crippen LogP contribution in [0.5, 0.6) is 0 Å². The molecule has 1 N–H and O–H groups in total. The van der Waals surface area contributed by atoms with E-state index >= 15 is 0 Å². The Balaban J connectivity index is 1.75. The quantitative estimate of drug-likeness (QED) is 0.792. The van der Waals surface area contributed by atoms with Crippen LogP contribution in [0.2, 0.25) is 0 Å². The highest BCUT2D eigenvalue weighted by molar-refractivity contribution is 7.09. The van der Waals surface area contributed by atoms with E-state index in [9.17, 15) is 5.11 Å². The Hall–Kier alpha value is -0.680. The zero-order valence-electron chi connectivity index (χ0n) is 7.89. The number of hydrogen-bond donors (Lipinski definition) is 1. The molecule has 3 rings (SSSR count). The second kappa shape index (κ2) is 3.17. The van der Waals surface area contributed by atoms with Crippen molar-refractivity contribution in [3.05, 3.63) is 5.82 Å². The molecule has 2 aliphatic rings. The molecule has 0 bridgehead atoms. The minimum atomic E-state index is -0.178. The van der Waals surface area contributed by atoms with E-state index in [0.29, 0.717) is 5.92 Å². The zero-order chi connectivity index (χ0) is 9.54. The summed E-state index contributed by atoms with van der Waals surface area (Å²) < 4.78 is 4.36. The molecule has 5 heteroatoms. The summed E-state index contributed by atoms with van der Waals surface area (Å²) in [6, 6.07) is 0. The predicted molar refractivity (Wildman–Crippen MR) is 54.7 cm³/mol. The topological polar surface area (TPSA) is 49.2 Å². The molecule has 1 atom stereocenters.